The van der Waals surface area contributed by atoms with Gasteiger partial charge in [0.05, 0.1) is 25.1 Å². The zero-order chi connectivity index (χ0) is 16.1. The summed E-state index contributed by atoms with van der Waals surface area (Å²) in [5, 5.41) is 6.83. The van der Waals surface area contributed by atoms with E-state index in [-0.39, 0.29) is 5.91 Å². The molecule has 118 valence electrons. The third kappa shape index (κ3) is 3.66. The average molecular weight is 311 g/mol. The minimum Gasteiger partial charge on any atom is -0.497 e. The first-order chi connectivity index (χ1) is 11.3. The summed E-state index contributed by atoms with van der Waals surface area (Å²) in [7, 11) is 1.61. The number of benzene rings is 1. The monoisotopic (exact) mass is 311 g/mol. The van der Waals surface area contributed by atoms with Crippen LogP contribution in [0.25, 0.3) is 0 Å². The van der Waals surface area contributed by atoms with E-state index in [4.69, 9.17) is 9.57 Å². The number of ether oxygens (including phenoxy) is 1. The van der Waals surface area contributed by atoms with Gasteiger partial charge in [-0.15, -0.1) is 0 Å². The van der Waals surface area contributed by atoms with E-state index in [0.29, 0.717) is 13.0 Å². The fraction of sp³-hybridized carbons (Fsp3) is 0.235. The Labute approximate surface area is 134 Å². The molecule has 0 unspecified atom stereocenters. The molecule has 2 heterocycles. The lowest BCUT2D eigenvalue weighted by Crippen LogP contribution is -2.34. The van der Waals surface area contributed by atoms with Crippen LogP contribution in [-0.2, 0) is 16.2 Å². The van der Waals surface area contributed by atoms with E-state index < -0.39 is 6.10 Å². The van der Waals surface area contributed by atoms with Gasteiger partial charge in [-0.05, 0) is 24.3 Å². The lowest BCUT2D eigenvalue weighted by atomic mass is 10.0. The van der Waals surface area contributed by atoms with Gasteiger partial charge < -0.3 is 14.9 Å². The second-order valence-corrected chi connectivity index (χ2v) is 5.11. The van der Waals surface area contributed by atoms with Gasteiger partial charge >= 0.3 is 0 Å². The molecule has 1 aromatic carbocycles. The van der Waals surface area contributed by atoms with Gasteiger partial charge in [-0.3, -0.25) is 9.78 Å². The summed E-state index contributed by atoms with van der Waals surface area (Å²) in [6.45, 7) is 0.369. The van der Waals surface area contributed by atoms with Gasteiger partial charge in [0.25, 0.3) is 5.91 Å². The number of hydrogen-bond donors (Lipinski definition) is 1. The second-order valence-electron chi connectivity index (χ2n) is 5.11. The number of rotatable bonds is 5. The highest BCUT2D eigenvalue weighted by molar-refractivity contribution is 6.04. The predicted octanol–water partition coefficient (Wildman–Crippen LogP) is 1.90. The van der Waals surface area contributed by atoms with Crippen molar-refractivity contribution < 1.29 is 14.4 Å². The van der Waals surface area contributed by atoms with Crippen molar-refractivity contribution in [2.75, 3.05) is 7.11 Å². The molecule has 1 aliphatic heterocycles. The topological polar surface area (TPSA) is 72.8 Å². The molecule has 6 nitrogen and oxygen atoms in total. The molecule has 0 saturated heterocycles. The molecule has 1 atom stereocenters. The van der Waals surface area contributed by atoms with Gasteiger partial charge in [0.15, 0.2) is 0 Å². The van der Waals surface area contributed by atoms with Crippen LogP contribution >= 0.6 is 0 Å². The molecule has 1 N–H and O–H groups in total. The van der Waals surface area contributed by atoms with Crippen molar-refractivity contribution in [3.63, 3.8) is 0 Å². The molecule has 0 bridgehead atoms. The van der Waals surface area contributed by atoms with Gasteiger partial charge in [0, 0.05) is 18.2 Å². The summed E-state index contributed by atoms with van der Waals surface area (Å²) in [4.78, 5) is 21.6. The van der Waals surface area contributed by atoms with Crippen LogP contribution in [0.15, 0.2) is 53.8 Å². The third-order valence-electron chi connectivity index (χ3n) is 3.53. The number of hydrogen-bond acceptors (Lipinski definition) is 5. The zero-order valence-corrected chi connectivity index (χ0v) is 12.7. The summed E-state index contributed by atoms with van der Waals surface area (Å²) >= 11 is 0. The van der Waals surface area contributed by atoms with Crippen LogP contribution in [0.3, 0.4) is 0 Å². The quantitative estimate of drug-likeness (QED) is 0.915. The number of pyridine rings is 1. The molecule has 2 aromatic rings. The van der Waals surface area contributed by atoms with Crippen molar-refractivity contribution in [2.45, 2.75) is 19.1 Å². The van der Waals surface area contributed by atoms with E-state index in [0.717, 1.165) is 22.7 Å². The molecule has 1 aromatic heterocycles. The zero-order valence-electron chi connectivity index (χ0n) is 12.7. The minimum absolute atomic E-state index is 0.197. The van der Waals surface area contributed by atoms with Crippen molar-refractivity contribution in [2.24, 2.45) is 5.16 Å². The first-order valence-corrected chi connectivity index (χ1v) is 7.31. The molecule has 0 saturated carbocycles. The SMILES string of the molecule is COc1cccc(C2=NO[C@@H](C(=O)NCc3ccccn3)C2)c1. The van der Waals surface area contributed by atoms with Crippen molar-refractivity contribution in [3.05, 3.63) is 59.9 Å². The molecule has 6 heteroatoms. The van der Waals surface area contributed by atoms with Gasteiger partial charge in [0.2, 0.25) is 6.10 Å². The van der Waals surface area contributed by atoms with Gasteiger partial charge in [-0.25, -0.2) is 0 Å². The molecular weight excluding hydrogens is 294 g/mol. The molecule has 0 radical (unpaired) electrons. The number of carbonyl (C=O) groups is 1. The van der Waals surface area contributed by atoms with E-state index in [1.165, 1.54) is 0 Å². The molecule has 1 aliphatic rings. The maximum Gasteiger partial charge on any atom is 0.264 e. The fourth-order valence-corrected chi connectivity index (χ4v) is 2.29. The molecule has 3 rings (SSSR count). The third-order valence-corrected chi connectivity index (χ3v) is 3.53. The average Bonchev–Trinajstić information content (AvgIpc) is 3.11. The maximum atomic E-state index is 12.2. The van der Waals surface area contributed by atoms with E-state index in [9.17, 15) is 4.79 Å². The van der Waals surface area contributed by atoms with E-state index in [1.807, 2.05) is 42.5 Å². The molecule has 0 fully saturated rings. The smallest absolute Gasteiger partial charge is 0.264 e. The maximum absolute atomic E-state index is 12.2. The second kappa shape index (κ2) is 6.91. The Morgan fingerprint density at radius 1 is 1.35 bits per heavy atom. The number of amides is 1. The van der Waals surface area contributed by atoms with Crippen LogP contribution in [0.2, 0.25) is 0 Å². The normalized spacial score (nSPS) is 16.4. The summed E-state index contributed by atoms with van der Waals surface area (Å²) in [6.07, 6.45) is 1.51. The molecule has 0 aliphatic carbocycles. The Hall–Kier alpha value is -2.89. The molecule has 23 heavy (non-hydrogen) atoms. The number of methoxy groups -OCH3 is 1. The summed E-state index contributed by atoms with van der Waals surface area (Å²) in [5.74, 6) is 0.547. The Balaban J connectivity index is 1.57. The lowest BCUT2D eigenvalue weighted by Gasteiger charge is -2.09. The Bertz CT molecular complexity index is 716. The summed E-state index contributed by atoms with van der Waals surface area (Å²) < 4.78 is 5.19. The number of oxime groups is 1. The Kier molecular flexibility index (Phi) is 4.52. The first kappa shape index (κ1) is 15.0. The van der Waals surface area contributed by atoms with Crippen LogP contribution in [0, 0.1) is 0 Å². The number of carbonyl (C=O) groups excluding carboxylic acids is 1. The van der Waals surface area contributed by atoms with Crippen molar-refractivity contribution in [3.8, 4) is 5.75 Å². The summed E-state index contributed by atoms with van der Waals surface area (Å²) in [6, 6.07) is 13.1. The standard InChI is InChI=1S/C17H17N3O3/c1-22-14-7-4-5-12(9-14)15-10-16(23-20-15)17(21)19-11-13-6-2-3-8-18-13/h2-9,16H,10-11H2,1H3,(H,19,21)/t16-/m1/s1. The number of aromatic nitrogens is 1. The van der Waals surface area contributed by atoms with Crippen LogP contribution in [0.5, 0.6) is 5.75 Å². The van der Waals surface area contributed by atoms with Crippen molar-refractivity contribution in [1.82, 2.24) is 10.3 Å². The first-order valence-electron chi connectivity index (χ1n) is 7.31. The summed E-state index contributed by atoms with van der Waals surface area (Å²) in [5.41, 5.74) is 2.43. The van der Waals surface area contributed by atoms with Crippen molar-refractivity contribution in [1.29, 1.82) is 0 Å². The van der Waals surface area contributed by atoms with Gasteiger partial charge in [-0.2, -0.15) is 0 Å². The van der Waals surface area contributed by atoms with E-state index in [1.54, 1.807) is 13.3 Å². The fourth-order valence-electron chi connectivity index (χ4n) is 2.29. The molecule has 1 amide bonds. The van der Waals surface area contributed by atoms with E-state index >= 15 is 0 Å². The minimum atomic E-state index is -0.611. The molecule has 0 spiro atoms. The van der Waals surface area contributed by atoms with Crippen LogP contribution in [0.1, 0.15) is 17.7 Å². The van der Waals surface area contributed by atoms with Gasteiger partial charge in [-0.1, -0.05) is 23.4 Å². The van der Waals surface area contributed by atoms with Crippen LogP contribution in [-0.4, -0.2) is 29.8 Å². The number of nitrogens with one attached hydrogen (secondary N) is 1. The largest absolute Gasteiger partial charge is 0.497 e. The molecular formula is C17H17N3O3. The Morgan fingerprint density at radius 3 is 3.04 bits per heavy atom. The Morgan fingerprint density at radius 2 is 2.26 bits per heavy atom. The highest BCUT2D eigenvalue weighted by atomic mass is 16.6. The lowest BCUT2D eigenvalue weighted by molar-refractivity contribution is -0.131. The highest BCUT2D eigenvalue weighted by Crippen LogP contribution is 2.20. The van der Waals surface area contributed by atoms with Crippen molar-refractivity contribution >= 4 is 11.6 Å². The van der Waals surface area contributed by atoms with E-state index in [2.05, 4.69) is 15.5 Å². The van der Waals surface area contributed by atoms with Crippen LogP contribution in [0.4, 0.5) is 0 Å². The van der Waals surface area contributed by atoms with Gasteiger partial charge in [0.1, 0.15) is 5.75 Å². The predicted molar refractivity (Wildman–Crippen MR) is 85.1 cm³/mol. The number of nitrogens with zero attached hydrogens (tertiary/aromatic N) is 2. The van der Waals surface area contributed by atoms with Crippen LogP contribution < -0.4 is 10.1 Å². The highest BCUT2D eigenvalue weighted by Gasteiger charge is 2.28.